The second-order valence-corrected chi connectivity index (χ2v) is 8.30. The Morgan fingerprint density at radius 2 is 1.67 bits per heavy atom. The quantitative estimate of drug-likeness (QED) is 0.923. The van der Waals surface area contributed by atoms with E-state index in [1.165, 1.54) is 11.1 Å². The molecule has 2 heterocycles. The molecule has 1 aliphatic rings. The predicted molar refractivity (Wildman–Crippen MR) is 94.9 cm³/mol. The van der Waals surface area contributed by atoms with Gasteiger partial charge < -0.3 is 4.90 Å². The molecular weight excluding hydrogens is 324 g/mol. The number of nitrogens with zero attached hydrogens (tertiary/aromatic N) is 3. The molecule has 6 nitrogen and oxygen atoms in total. The molecular formula is C17H24N4O2S. The van der Waals surface area contributed by atoms with Crippen molar-refractivity contribution in [3.63, 3.8) is 0 Å². The first-order chi connectivity index (χ1) is 11.3. The number of rotatable bonds is 3. The summed E-state index contributed by atoms with van der Waals surface area (Å²) in [6, 6.07) is 6.40. The zero-order valence-electron chi connectivity index (χ0n) is 14.6. The number of aromatic amines is 1. The first-order valence-electron chi connectivity index (χ1n) is 8.14. The highest BCUT2D eigenvalue weighted by Gasteiger charge is 2.32. The largest absolute Gasteiger partial charge is 0.369 e. The van der Waals surface area contributed by atoms with Gasteiger partial charge in [-0.25, -0.2) is 8.42 Å². The summed E-state index contributed by atoms with van der Waals surface area (Å²) >= 11 is 0. The molecule has 0 unspecified atom stereocenters. The van der Waals surface area contributed by atoms with Gasteiger partial charge in [-0.2, -0.15) is 9.40 Å². The Morgan fingerprint density at radius 1 is 1.00 bits per heavy atom. The fourth-order valence-electron chi connectivity index (χ4n) is 3.16. The molecule has 0 aliphatic carbocycles. The van der Waals surface area contributed by atoms with Crippen LogP contribution in [0.25, 0.3) is 0 Å². The van der Waals surface area contributed by atoms with Gasteiger partial charge >= 0.3 is 0 Å². The van der Waals surface area contributed by atoms with Crippen molar-refractivity contribution < 1.29 is 8.42 Å². The maximum Gasteiger partial charge on any atom is 0.246 e. The van der Waals surface area contributed by atoms with Crippen molar-refractivity contribution in [1.82, 2.24) is 14.5 Å². The minimum atomic E-state index is -3.49. The van der Waals surface area contributed by atoms with Gasteiger partial charge in [0.25, 0.3) is 0 Å². The number of aromatic nitrogens is 2. The molecule has 1 N–H and O–H groups in total. The second kappa shape index (κ2) is 6.22. The van der Waals surface area contributed by atoms with E-state index >= 15 is 0 Å². The number of hydrogen-bond donors (Lipinski definition) is 1. The lowest BCUT2D eigenvalue weighted by Crippen LogP contribution is -2.48. The van der Waals surface area contributed by atoms with Crippen LogP contribution in [-0.4, -0.2) is 49.1 Å². The third-order valence-corrected chi connectivity index (χ3v) is 6.92. The summed E-state index contributed by atoms with van der Waals surface area (Å²) in [6.45, 7) is 10.0. The van der Waals surface area contributed by atoms with E-state index in [2.05, 4.69) is 47.1 Å². The van der Waals surface area contributed by atoms with Gasteiger partial charge in [-0.1, -0.05) is 6.07 Å². The molecule has 0 amide bonds. The maximum absolute atomic E-state index is 12.9. The predicted octanol–water partition coefficient (Wildman–Crippen LogP) is 2.15. The fraction of sp³-hybridized carbons (Fsp3) is 0.471. The van der Waals surface area contributed by atoms with Crippen molar-refractivity contribution >= 4 is 15.7 Å². The Morgan fingerprint density at radius 3 is 2.21 bits per heavy atom. The van der Waals surface area contributed by atoms with E-state index in [0.717, 1.165) is 5.69 Å². The van der Waals surface area contributed by atoms with Crippen molar-refractivity contribution in [1.29, 1.82) is 0 Å². The van der Waals surface area contributed by atoms with Gasteiger partial charge in [0, 0.05) is 31.9 Å². The Bertz CT molecular complexity index is 830. The normalized spacial score (nSPS) is 16.6. The van der Waals surface area contributed by atoms with Crippen LogP contribution in [-0.2, 0) is 10.0 Å². The van der Waals surface area contributed by atoms with E-state index in [-0.39, 0.29) is 0 Å². The maximum atomic E-state index is 12.9. The Kier molecular flexibility index (Phi) is 4.40. The highest BCUT2D eigenvalue weighted by Crippen LogP contribution is 2.25. The van der Waals surface area contributed by atoms with Crippen LogP contribution < -0.4 is 4.90 Å². The lowest BCUT2D eigenvalue weighted by molar-refractivity contribution is 0.384. The summed E-state index contributed by atoms with van der Waals surface area (Å²) < 4.78 is 27.3. The third-order valence-electron chi connectivity index (χ3n) is 4.75. The van der Waals surface area contributed by atoms with Gasteiger partial charge in [0.2, 0.25) is 10.0 Å². The van der Waals surface area contributed by atoms with E-state index in [9.17, 15) is 8.42 Å². The van der Waals surface area contributed by atoms with E-state index in [1.807, 2.05) is 0 Å². The van der Waals surface area contributed by atoms with Crippen molar-refractivity contribution in [2.24, 2.45) is 0 Å². The van der Waals surface area contributed by atoms with E-state index in [1.54, 1.807) is 18.2 Å². The van der Waals surface area contributed by atoms with Gasteiger partial charge in [-0.05, 0) is 51.0 Å². The van der Waals surface area contributed by atoms with E-state index < -0.39 is 10.0 Å². The minimum Gasteiger partial charge on any atom is -0.369 e. The Balaban J connectivity index is 1.76. The highest BCUT2D eigenvalue weighted by atomic mass is 32.2. The molecule has 24 heavy (non-hydrogen) atoms. The third kappa shape index (κ3) is 2.93. The number of piperazine rings is 1. The van der Waals surface area contributed by atoms with Gasteiger partial charge in [-0.15, -0.1) is 0 Å². The van der Waals surface area contributed by atoms with Gasteiger partial charge in [0.05, 0.1) is 11.4 Å². The fourth-order valence-corrected chi connectivity index (χ4v) is 4.91. The molecule has 3 rings (SSSR count). The second-order valence-electron chi connectivity index (χ2n) is 6.42. The number of H-pyrrole nitrogens is 1. The molecule has 2 aromatic rings. The topological polar surface area (TPSA) is 69.3 Å². The lowest BCUT2D eigenvalue weighted by atomic mass is 10.1. The number of nitrogens with one attached hydrogen (secondary N) is 1. The molecule has 130 valence electrons. The lowest BCUT2D eigenvalue weighted by Gasteiger charge is -2.35. The number of benzene rings is 1. The van der Waals surface area contributed by atoms with Gasteiger partial charge in [0.1, 0.15) is 4.90 Å². The van der Waals surface area contributed by atoms with E-state index in [0.29, 0.717) is 42.5 Å². The smallest absolute Gasteiger partial charge is 0.246 e. The van der Waals surface area contributed by atoms with Crippen LogP contribution in [0.1, 0.15) is 22.5 Å². The summed E-state index contributed by atoms with van der Waals surface area (Å²) in [6.07, 6.45) is 0. The van der Waals surface area contributed by atoms with Crippen LogP contribution in [0, 0.1) is 27.7 Å². The number of aryl methyl sites for hydroxylation is 4. The first-order valence-corrected chi connectivity index (χ1v) is 9.58. The zero-order valence-corrected chi connectivity index (χ0v) is 15.4. The van der Waals surface area contributed by atoms with Crippen LogP contribution >= 0.6 is 0 Å². The molecule has 7 heteroatoms. The van der Waals surface area contributed by atoms with Crippen LogP contribution in [0.5, 0.6) is 0 Å². The summed E-state index contributed by atoms with van der Waals surface area (Å²) in [7, 11) is -3.49. The van der Waals surface area contributed by atoms with Crippen molar-refractivity contribution in [2.45, 2.75) is 32.6 Å². The standard InChI is InChI=1S/C17H24N4O2S/c1-12-5-6-16(11-13(12)2)20-7-9-21(10-8-20)24(22,23)17-14(3)18-19-15(17)4/h5-6,11H,7-10H2,1-4H3,(H,18,19). The Labute approximate surface area is 143 Å². The summed E-state index contributed by atoms with van der Waals surface area (Å²) in [5, 5.41) is 6.78. The average Bonchev–Trinajstić information content (AvgIpc) is 2.89. The number of anilines is 1. The molecule has 1 saturated heterocycles. The molecule has 1 fully saturated rings. The van der Waals surface area contributed by atoms with Crippen LogP contribution in [0.2, 0.25) is 0 Å². The highest BCUT2D eigenvalue weighted by molar-refractivity contribution is 7.89. The van der Waals surface area contributed by atoms with Crippen molar-refractivity contribution in [2.75, 3.05) is 31.1 Å². The Hall–Kier alpha value is -1.86. The van der Waals surface area contributed by atoms with Gasteiger partial charge in [0.15, 0.2) is 0 Å². The molecule has 0 atom stereocenters. The molecule has 0 saturated carbocycles. The van der Waals surface area contributed by atoms with Crippen LogP contribution in [0.15, 0.2) is 23.1 Å². The monoisotopic (exact) mass is 348 g/mol. The molecule has 1 aromatic carbocycles. The molecule has 0 bridgehead atoms. The van der Waals surface area contributed by atoms with Crippen molar-refractivity contribution in [3.05, 3.63) is 40.7 Å². The first kappa shape index (κ1) is 17.0. The molecule has 1 aliphatic heterocycles. The zero-order chi connectivity index (χ0) is 17.5. The van der Waals surface area contributed by atoms with E-state index in [4.69, 9.17) is 0 Å². The van der Waals surface area contributed by atoms with Crippen molar-refractivity contribution in [3.8, 4) is 0 Å². The number of hydrogen-bond acceptors (Lipinski definition) is 4. The SMILES string of the molecule is Cc1ccc(N2CCN(S(=O)(=O)c3c(C)n[nH]c3C)CC2)cc1C. The molecule has 1 aromatic heterocycles. The average molecular weight is 348 g/mol. The number of sulfonamides is 1. The molecule has 0 spiro atoms. The summed E-state index contributed by atoms with van der Waals surface area (Å²) in [5.74, 6) is 0. The minimum absolute atomic E-state index is 0.321. The summed E-state index contributed by atoms with van der Waals surface area (Å²) in [4.78, 5) is 2.57. The van der Waals surface area contributed by atoms with Crippen LogP contribution in [0.4, 0.5) is 5.69 Å². The van der Waals surface area contributed by atoms with Gasteiger partial charge in [-0.3, -0.25) is 5.10 Å². The molecule has 0 radical (unpaired) electrons. The van der Waals surface area contributed by atoms with Crippen LogP contribution in [0.3, 0.4) is 0 Å². The summed E-state index contributed by atoms with van der Waals surface area (Å²) in [5.41, 5.74) is 4.82.